The lowest BCUT2D eigenvalue weighted by atomic mass is 9.90. The predicted molar refractivity (Wildman–Crippen MR) is 141 cm³/mol. The standard InChI is InChI=1S/C27H33N5O3S/c1-4-29(5-2)27(34)24-18-28-32-15-11-21(17-26(24)32)20-8-12-30(13-9-20)36(35)23-6-7-25-22(16-23)10-14-31(25)19(3)33/h6-7,11,15-18,20H,4-5,8-10,12-14H2,1-3H3. The molecule has 2 aromatic heterocycles. The van der Waals surface area contributed by atoms with Crippen LogP contribution in [0, 0.1) is 0 Å². The van der Waals surface area contributed by atoms with Crippen molar-refractivity contribution in [1.82, 2.24) is 18.8 Å². The van der Waals surface area contributed by atoms with Gasteiger partial charge in [-0.3, -0.25) is 9.59 Å². The van der Waals surface area contributed by atoms with E-state index in [-0.39, 0.29) is 11.8 Å². The Balaban J connectivity index is 1.27. The molecular weight excluding hydrogens is 474 g/mol. The SMILES string of the molecule is CCN(CC)C(=O)c1cnn2ccc(C3CCN([S+]([O-])c4ccc5c(c4)CCN5C(C)=O)CC3)cc12. The van der Waals surface area contributed by atoms with Crippen molar-refractivity contribution >= 4 is 34.4 Å². The van der Waals surface area contributed by atoms with Gasteiger partial charge in [-0.2, -0.15) is 5.10 Å². The van der Waals surface area contributed by atoms with Gasteiger partial charge in [-0.25, -0.2) is 4.52 Å². The number of fused-ring (bicyclic) bond motifs is 2. The van der Waals surface area contributed by atoms with E-state index in [1.807, 2.05) is 47.4 Å². The van der Waals surface area contributed by atoms with Crippen LogP contribution < -0.4 is 4.90 Å². The second-order valence-electron chi connectivity index (χ2n) is 9.49. The molecule has 0 saturated carbocycles. The monoisotopic (exact) mass is 507 g/mol. The maximum Gasteiger partial charge on any atom is 0.257 e. The van der Waals surface area contributed by atoms with E-state index < -0.39 is 11.4 Å². The van der Waals surface area contributed by atoms with Gasteiger partial charge in [0.15, 0.2) is 4.90 Å². The van der Waals surface area contributed by atoms with E-state index in [1.165, 1.54) is 5.56 Å². The van der Waals surface area contributed by atoms with Crippen molar-refractivity contribution in [2.75, 3.05) is 37.6 Å². The summed E-state index contributed by atoms with van der Waals surface area (Å²) in [5.41, 5.74) is 4.71. The van der Waals surface area contributed by atoms with Gasteiger partial charge in [-0.15, -0.1) is 4.31 Å². The molecule has 190 valence electrons. The molecule has 2 aliphatic heterocycles. The van der Waals surface area contributed by atoms with E-state index in [0.717, 1.165) is 54.0 Å². The van der Waals surface area contributed by atoms with Gasteiger partial charge < -0.3 is 14.4 Å². The molecule has 1 unspecified atom stereocenters. The minimum absolute atomic E-state index is 0.0122. The Morgan fingerprint density at radius 3 is 2.56 bits per heavy atom. The molecule has 0 N–H and O–H groups in total. The number of amides is 2. The summed E-state index contributed by atoms with van der Waals surface area (Å²) >= 11 is -1.22. The predicted octanol–water partition coefficient (Wildman–Crippen LogP) is 3.63. The first kappa shape index (κ1) is 24.8. The quantitative estimate of drug-likeness (QED) is 0.476. The van der Waals surface area contributed by atoms with E-state index in [9.17, 15) is 14.1 Å². The van der Waals surface area contributed by atoms with Crippen molar-refractivity contribution in [3.63, 3.8) is 0 Å². The molecule has 0 bridgehead atoms. The Bertz CT molecular complexity index is 1280. The smallest absolute Gasteiger partial charge is 0.257 e. The number of pyridine rings is 1. The van der Waals surface area contributed by atoms with Crippen molar-refractivity contribution in [2.45, 2.75) is 50.8 Å². The maximum absolute atomic E-state index is 13.3. The molecular formula is C27H33N5O3S. The van der Waals surface area contributed by atoms with Gasteiger partial charge in [0.05, 0.1) is 28.6 Å². The molecule has 0 radical (unpaired) electrons. The van der Waals surface area contributed by atoms with E-state index in [0.29, 0.717) is 31.1 Å². The Morgan fingerprint density at radius 2 is 1.86 bits per heavy atom. The number of carbonyl (C=O) groups excluding carboxylic acids is 2. The van der Waals surface area contributed by atoms with Crippen molar-refractivity contribution in [2.24, 2.45) is 0 Å². The number of piperidine rings is 1. The van der Waals surface area contributed by atoms with Crippen molar-refractivity contribution in [1.29, 1.82) is 0 Å². The Labute approximate surface area is 215 Å². The van der Waals surface area contributed by atoms with Gasteiger partial charge in [-0.05, 0) is 74.4 Å². The molecule has 2 amide bonds. The fourth-order valence-corrected chi connectivity index (χ4v) is 6.68. The summed E-state index contributed by atoms with van der Waals surface area (Å²) in [6.45, 7) is 9.06. The van der Waals surface area contributed by atoms with Crippen LogP contribution >= 0.6 is 0 Å². The number of carbonyl (C=O) groups is 2. The molecule has 0 spiro atoms. The second kappa shape index (κ2) is 10.2. The Kier molecular flexibility index (Phi) is 7.05. The zero-order chi connectivity index (χ0) is 25.4. The minimum atomic E-state index is -1.22. The molecule has 8 nitrogen and oxygen atoms in total. The van der Waals surface area contributed by atoms with Crippen LogP contribution in [0.15, 0.2) is 47.6 Å². The van der Waals surface area contributed by atoms with Crippen LogP contribution in [0.1, 0.15) is 61.0 Å². The molecule has 1 aromatic carbocycles. The van der Waals surface area contributed by atoms with E-state index in [2.05, 4.69) is 17.2 Å². The average molecular weight is 508 g/mol. The van der Waals surface area contributed by atoms with Gasteiger partial charge in [0, 0.05) is 57.6 Å². The highest BCUT2D eigenvalue weighted by molar-refractivity contribution is 7.89. The number of hydrogen-bond donors (Lipinski definition) is 0. The summed E-state index contributed by atoms with van der Waals surface area (Å²) < 4.78 is 17.2. The van der Waals surface area contributed by atoms with Crippen LogP contribution in [0.4, 0.5) is 5.69 Å². The highest BCUT2D eigenvalue weighted by Gasteiger charge is 2.31. The van der Waals surface area contributed by atoms with E-state index >= 15 is 0 Å². The van der Waals surface area contributed by atoms with Crippen LogP contribution in [-0.4, -0.2) is 67.9 Å². The first-order chi connectivity index (χ1) is 17.4. The third-order valence-corrected chi connectivity index (χ3v) is 9.01. The van der Waals surface area contributed by atoms with Crippen LogP contribution in [0.25, 0.3) is 5.52 Å². The van der Waals surface area contributed by atoms with Gasteiger partial charge in [-0.1, -0.05) is 0 Å². The van der Waals surface area contributed by atoms with Crippen LogP contribution in [-0.2, 0) is 22.6 Å². The average Bonchev–Trinajstić information content (AvgIpc) is 3.52. The van der Waals surface area contributed by atoms with Crippen LogP contribution in [0.5, 0.6) is 0 Å². The molecule has 4 heterocycles. The molecule has 0 aliphatic carbocycles. The first-order valence-corrected chi connectivity index (χ1v) is 13.9. The highest BCUT2D eigenvalue weighted by atomic mass is 32.2. The zero-order valence-corrected chi connectivity index (χ0v) is 22.0. The summed E-state index contributed by atoms with van der Waals surface area (Å²) in [6.07, 6.45) is 6.20. The summed E-state index contributed by atoms with van der Waals surface area (Å²) in [4.78, 5) is 29.2. The molecule has 9 heteroatoms. The lowest BCUT2D eigenvalue weighted by molar-refractivity contribution is -0.116. The van der Waals surface area contributed by atoms with Crippen molar-refractivity contribution < 1.29 is 14.1 Å². The summed E-state index contributed by atoms with van der Waals surface area (Å²) in [5, 5.41) is 4.38. The first-order valence-electron chi connectivity index (χ1n) is 12.8. The third kappa shape index (κ3) is 4.51. The number of benzene rings is 1. The van der Waals surface area contributed by atoms with Gasteiger partial charge >= 0.3 is 0 Å². The van der Waals surface area contributed by atoms with E-state index in [4.69, 9.17) is 0 Å². The number of rotatable bonds is 6. The van der Waals surface area contributed by atoms with Crippen molar-refractivity contribution in [3.8, 4) is 0 Å². The molecule has 2 aliphatic rings. The largest absolute Gasteiger partial charge is 0.593 e. The normalized spacial score (nSPS) is 17.4. The van der Waals surface area contributed by atoms with Crippen LogP contribution in [0.3, 0.4) is 0 Å². The Hall–Kier alpha value is -2.88. The van der Waals surface area contributed by atoms with Gasteiger partial charge in [0.25, 0.3) is 5.91 Å². The third-order valence-electron chi connectivity index (χ3n) is 7.51. The summed E-state index contributed by atoms with van der Waals surface area (Å²) in [6, 6.07) is 10.0. The highest BCUT2D eigenvalue weighted by Crippen LogP contribution is 2.34. The summed E-state index contributed by atoms with van der Waals surface area (Å²) in [7, 11) is 0. The van der Waals surface area contributed by atoms with Gasteiger partial charge in [0.1, 0.15) is 0 Å². The molecule has 1 saturated heterocycles. The van der Waals surface area contributed by atoms with Gasteiger partial charge in [0.2, 0.25) is 5.91 Å². The summed E-state index contributed by atoms with van der Waals surface area (Å²) in [5.74, 6) is 0.403. The fraction of sp³-hybridized carbons (Fsp3) is 0.444. The minimum Gasteiger partial charge on any atom is -0.593 e. The number of nitrogens with zero attached hydrogens (tertiary/aromatic N) is 5. The second-order valence-corrected chi connectivity index (χ2v) is 11.0. The zero-order valence-electron chi connectivity index (χ0n) is 21.1. The van der Waals surface area contributed by atoms with E-state index in [1.54, 1.807) is 22.5 Å². The molecule has 1 atom stereocenters. The molecule has 1 fully saturated rings. The maximum atomic E-state index is 13.3. The van der Waals surface area contributed by atoms with Crippen LogP contribution in [0.2, 0.25) is 0 Å². The topological polar surface area (TPSA) is 84.2 Å². The lowest BCUT2D eigenvalue weighted by Crippen LogP contribution is -2.38. The lowest BCUT2D eigenvalue weighted by Gasteiger charge is -2.32. The molecule has 5 rings (SSSR count). The molecule has 3 aromatic rings. The number of anilines is 1. The molecule has 36 heavy (non-hydrogen) atoms. The van der Waals surface area contributed by atoms with Crippen molar-refractivity contribution in [3.05, 3.63) is 59.4 Å². The number of hydrogen-bond acceptors (Lipinski definition) is 5. The number of aromatic nitrogens is 2. The fourth-order valence-electron chi connectivity index (χ4n) is 5.41. The Morgan fingerprint density at radius 1 is 1.11 bits per heavy atom.